The van der Waals surface area contributed by atoms with Crippen molar-refractivity contribution in [2.75, 3.05) is 38.2 Å². The maximum atomic E-state index is 12.9. The molecule has 0 spiro atoms. The number of aliphatic hydroxyl groups is 1. The summed E-state index contributed by atoms with van der Waals surface area (Å²) in [4.78, 5) is 27.1. The van der Waals surface area contributed by atoms with Crippen LogP contribution in [0.4, 0.5) is 5.69 Å². The molecule has 32 heavy (non-hydrogen) atoms. The number of aromatic amines is 1. The highest BCUT2D eigenvalue weighted by Crippen LogP contribution is 2.31. The van der Waals surface area contributed by atoms with Crippen molar-refractivity contribution in [3.05, 3.63) is 34.2 Å². The molecule has 2 aromatic heterocycles. The summed E-state index contributed by atoms with van der Waals surface area (Å²) in [6.45, 7) is 6.49. The van der Waals surface area contributed by atoms with E-state index >= 15 is 0 Å². The molecule has 1 aliphatic heterocycles. The molecule has 0 unspecified atom stereocenters. The molecule has 170 valence electrons. The SMILES string of the molecule is CCCc1nn(C)c2c(=O)[nH]c(-c3cc(NC4=NCCN4CCO)ccc3OCC)nc12. The number of rotatable bonds is 8. The van der Waals surface area contributed by atoms with Gasteiger partial charge in [0.15, 0.2) is 11.5 Å². The van der Waals surface area contributed by atoms with Gasteiger partial charge < -0.3 is 25.0 Å². The van der Waals surface area contributed by atoms with Crippen LogP contribution in [-0.4, -0.2) is 68.6 Å². The molecule has 3 aromatic rings. The fourth-order valence-electron chi connectivity index (χ4n) is 3.92. The molecule has 1 aromatic carbocycles. The van der Waals surface area contributed by atoms with Crippen LogP contribution in [-0.2, 0) is 13.5 Å². The number of hydrogen-bond acceptors (Lipinski definition) is 8. The maximum Gasteiger partial charge on any atom is 0.277 e. The summed E-state index contributed by atoms with van der Waals surface area (Å²) in [6, 6.07) is 5.64. The first-order valence-electron chi connectivity index (χ1n) is 11.0. The Morgan fingerprint density at radius 3 is 2.91 bits per heavy atom. The van der Waals surface area contributed by atoms with E-state index in [-0.39, 0.29) is 12.2 Å². The molecule has 0 saturated heterocycles. The third-order valence-electron chi connectivity index (χ3n) is 5.34. The predicted octanol–water partition coefficient (Wildman–Crippen LogP) is 1.75. The number of aliphatic hydroxyl groups excluding tert-OH is 1. The molecular weight excluding hydrogens is 410 g/mol. The zero-order chi connectivity index (χ0) is 22.7. The number of H-pyrrole nitrogens is 1. The van der Waals surface area contributed by atoms with Gasteiger partial charge in [0.25, 0.3) is 5.56 Å². The van der Waals surface area contributed by atoms with Crippen molar-refractivity contribution in [2.24, 2.45) is 12.0 Å². The van der Waals surface area contributed by atoms with Gasteiger partial charge in [-0.05, 0) is 31.5 Å². The number of nitrogens with one attached hydrogen (secondary N) is 2. The molecule has 0 fully saturated rings. The van der Waals surface area contributed by atoms with Gasteiger partial charge >= 0.3 is 0 Å². The quantitative estimate of drug-likeness (QED) is 0.489. The molecule has 10 nitrogen and oxygen atoms in total. The zero-order valence-corrected chi connectivity index (χ0v) is 18.7. The number of benzene rings is 1. The normalized spacial score (nSPS) is 13.6. The minimum absolute atomic E-state index is 0.0611. The molecule has 0 radical (unpaired) electrons. The number of aryl methyl sites for hydroxylation is 2. The van der Waals surface area contributed by atoms with Crippen LogP contribution in [0.5, 0.6) is 5.75 Å². The van der Waals surface area contributed by atoms with E-state index in [0.717, 1.165) is 30.8 Å². The third kappa shape index (κ3) is 4.18. The van der Waals surface area contributed by atoms with Crippen molar-refractivity contribution in [3.63, 3.8) is 0 Å². The van der Waals surface area contributed by atoms with Gasteiger partial charge in [0, 0.05) is 25.8 Å². The largest absolute Gasteiger partial charge is 0.493 e. The molecular formula is C22H29N7O3. The average molecular weight is 440 g/mol. The van der Waals surface area contributed by atoms with Crippen LogP contribution in [0, 0.1) is 0 Å². The summed E-state index contributed by atoms with van der Waals surface area (Å²) in [5.41, 5.74) is 3.11. The molecule has 0 amide bonds. The molecule has 1 aliphatic rings. The number of hydrogen-bond donors (Lipinski definition) is 3. The zero-order valence-electron chi connectivity index (χ0n) is 18.7. The average Bonchev–Trinajstić information content (AvgIpc) is 3.34. The number of aliphatic imine (C=N–C) groups is 1. The molecule has 0 saturated carbocycles. The minimum Gasteiger partial charge on any atom is -0.493 e. The Kier molecular flexibility index (Phi) is 6.40. The van der Waals surface area contributed by atoms with Crippen molar-refractivity contribution in [3.8, 4) is 17.1 Å². The Labute approximate surface area is 185 Å². The van der Waals surface area contributed by atoms with E-state index in [9.17, 15) is 9.90 Å². The highest BCUT2D eigenvalue weighted by molar-refractivity contribution is 5.95. The van der Waals surface area contributed by atoms with Crippen molar-refractivity contribution in [1.29, 1.82) is 0 Å². The number of anilines is 1. The Balaban J connectivity index is 1.78. The van der Waals surface area contributed by atoms with Gasteiger partial charge in [0.2, 0.25) is 0 Å². The lowest BCUT2D eigenvalue weighted by Crippen LogP contribution is -2.35. The van der Waals surface area contributed by atoms with Gasteiger partial charge in [-0.1, -0.05) is 13.3 Å². The van der Waals surface area contributed by atoms with Crippen LogP contribution < -0.4 is 15.6 Å². The minimum atomic E-state index is -0.238. The van der Waals surface area contributed by atoms with Crippen molar-refractivity contribution < 1.29 is 9.84 Å². The second-order valence-electron chi connectivity index (χ2n) is 7.62. The summed E-state index contributed by atoms with van der Waals surface area (Å²) < 4.78 is 7.42. The summed E-state index contributed by atoms with van der Waals surface area (Å²) >= 11 is 0. The fourth-order valence-corrected chi connectivity index (χ4v) is 3.92. The molecule has 10 heteroatoms. The lowest BCUT2D eigenvalue weighted by atomic mass is 10.1. The van der Waals surface area contributed by atoms with E-state index in [1.807, 2.05) is 30.0 Å². The van der Waals surface area contributed by atoms with Gasteiger partial charge in [0.1, 0.15) is 17.1 Å². The van der Waals surface area contributed by atoms with Gasteiger partial charge in [-0.25, -0.2) is 4.98 Å². The van der Waals surface area contributed by atoms with Crippen LogP contribution in [0.2, 0.25) is 0 Å². The summed E-state index contributed by atoms with van der Waals surface area (Å²) in [6.07, 6.45) is 1.65. The first-order valence-corrected chi connectivity index (χ1v) is 11.0. The number of ether oxygens (including phenoxy) is 1. The summed E-state index contributed by atoms with van der Waals surface area (Å²) in [7, 11) is 1.76. The molecule has 0 bridgehead atoms. The topological polar surface area (TPSA) is 121 Å². The molecule has 3 N–H and O–H groups in total. The number of aromatic nitrogens is 4. The Bertz CT molecular complexity index is 1200. The van der Waals surface area contributed by atoms with Crippen molar-refractivity contribution in [1.82, 2.24) is 24.6 Å². The van der Waals surface area contributed by atoms with Gasteiger partial charge in [-0.15, -0.1) is 0 Å². The van der Waals surface area contributed by atoms with Crippen molar-refractivity contribution in [2.45, 2.75) is 26.7 Å². The monoisotopic (exact) mass is 439 g/mol. The van der Waals surface area contributed by atoms with Gasteiger partial charge in [-0.3, -0.25) is 14.5 Å². The second kappa shape index (κ2) is 9.39. The lowest BCUT2D eigenvalue weighted by Gasteiger charge is -2.20. The van der Waals surface area contributed by atoms with Gasteiger partial charge in [0.05, 0.1) is 31.0 Å². The van der Waals surface area contributed by atoms with E-state index < -0.39 is 0 Å². The smallest absolute Gasteiger partial charge is 0.277 e. The van der Waals surface area contributed by atoms with Crippen LogP contribution >= 0.6 is 0 Å². The standard InChI is InChI=1S/C22H29N7O3/c1-4-6-16-18-19(28(3)27-16)21(31)26-20(25-18)15-13-14(7-8-17(15)32-5-2)24-22-23-9-10-29(22)11-12-30/h7-8,13,30H,4-6,9-12H2,1-3H3,(H,23,24)(H,25,26,31). The predicted molar refractivity (Wildman–Crippen MR) is 124 cm³/mol. The fraction of sp³-hybridized carbons (Fsp3) is 0.455. The van der Waals surface area contributed by atoms with Crippen molar-refractivity contribution >= 4 is 22.7 Å². The molecule has 4 rings (SSSR count). The number of fused-ring (bicyclic) bond motifs is 1. The molecule has 0 atom stereocenters. The van der Waals surface area contributed by atoms with E-state index in [1.165, 1.54) is 0 Å². The molecule has 3 heterocycles. The first-order chi connectivity index (χ1) is 15.5. The molecule has 0 aliphatic carbocycles. The highest BCUT2D eigenvalue weighted by Gasteiger charge is 2.20. The second-order valence-corrected chi connectivity index (χ2v) is 7.62. The first kappa shape index (κ1) is 21.8. The summed E-state index contributed by atoms with van der Waals surface area (Å²) in [5, 5.41) is 17.1. The maximum absolute atomic E-state index is 12.9. The Morgan fingerprint density at radius 1 is 1.31 bits per heavy atom. The van der Waals surface area contributed by atoms with Crippen LogP contribution in [0.15, 0.2) is 28.0 Å². The van der Waals surface area contributed by atoms with Crippen LogP contribution in [0.1, 0.15) is 26.0 Å². The van der Waals surface area contributed by atoms with Crippen LogP contribution in [0.3, 0.4) is 0 Å². The van der Waals surface area contributed by atoms with Crippen LogP contribution in [0.25, 0.3) is 22.4 Å². The third-order valence-corrected chi connectivity index (χ3v) is 5.34. The number of nitrogens with zero attached hydrogens (tertiary/aromatic N) is 5. The Hall–Kier alpha value is -3.40. The van der Waals surface area contributed by atoms with E-state index in [0.29, 0.717) is 53.8 Å². The number of guanidine groups is 1. The Morgan fingerprint density at radius 2 is 2.16 bits per heavy atom. The van der Waals surface area contributed by atoms with E-state index in [1.54, 1.807) is 11.7 Å². The van der Waals surface area contributed by atoms with E-state index in [2.05, 4.69) is 27.3 Å². The van der Waals surface area contributed by atoms with Gasteiger partial charge in [-0.2, -0.15) is 5.10 Å². The lowest BCUT2D eigenvalue weighted by molar-refractivity contribution is 0.256. The van der Waals surface area contributed by atoms with E-state index in [4.69, 9.17) is 9.72 Å². The summed E-state index contributed by atoms with van der Waals surface area (Å²) in [5.74, 6) is 1.77. The highest BCUT2D eigenvalue weighted by atomic mass is 16.5. The number of β-amino-alcohol motifs (C(OH)–C–C–N with tert-alkyl or cyclic N) is 1.